The maximum absolute atomic E-state index is 4.68. The molecule has 0 unspecified atom stereocenters. The molecular weight excluding hydrogens is 446 g/mol. The Morgan fingerprint density at radius 3 is 2.47 bits per heavy atom. The lowest BCUT2D eigenvalue weighted by molar-refractivity contribution is 0.209. The third-order valence-corrected chi connectivity index (χ3v) is 7.24. The predicted octanol–water partition coefficient (Wildman–Crippen LogP) is 5.34. The molecule has 186 valence electrons. The number of anilines is 2. The molecule has 0 bridgehead atoms. The van der Waals surface area contributed by atoms with Crippen LogP contribution in [0.4, 0.5) is 11.6 Å². The van der Waals surface area contributed by atoms with E-state index in [0.717, 1.165) is 76.7 Å². The maximum atomic E-state index is 4.68. The average molecular weight is 482 g/mol. The van der Waals surface area contributed by atoms with E-state index in [9.17, 15) is 0 Å². The number of rotatable bonds is 6. The number of pyridine rings is 2. The Hall–Kier alpha value is -3.71. The normalized spacial score (nSPS) is 15.2. The van der Waals surface area contributed by atoms with E-state index in [1.165, 1.54) is 0 Å². The van der Waals surface area contributed by atoms with Crippen molar-refractivity contribution in [3.05, 3.63) is 72.3 Å². The van der Waals surface area contributed by atoms with E-state index in [2.05, 4.69) is 93.4 Å². The molecule has 1 aliphatic rings. The van der Waals surface area contributed by atoms with E-state index in [0.29, 0.717) is 6.04 Å². The van der Waals surface area contributed by atoms with Gasteiger partial charge in [-0.1, -0.05) is 18.2 Å². The van der Waals surface area contributed by atoms with Crippen molar-refractivity contribution in [3.8, 4) is 11.1 Å². The zero-order chi connectivity index (χ0) is 25.2. The van der Waals surface area contributed by atoms with E-state index < -0.39 is 0 Å². The van der Waals surface area contributed by atoms with Crippen LogP contribution in [-0.4, -0.2) is 56.9 Å². The lowest BCUT2D eigenvalue weighted by Crippen LogP contribution is -2.49. The fraction of sp³-hybridized carbons (Fsp3) is 0.345. The van der Waals surface area contributed by atoms with Crippen molar-refractivity contribution in [3.63, 3.8) is 0 Å². The largest absolute Gasteiger partial charge is 0.354 e. The molecule has 0 aliphatic carbocycles. The van der Waals surface area contributed by atoms with E-state index in [1.807, 2.05) is 37.2 Å². The Balaban J connectivity index is 1.36. The first-order valence-corrected chi connectivity index (χ1v) is 12.7. The van der Waals surface area contributed by atoms with Crippen molar-refractivity contribution in [2.24, 2.45) is 7.05 Å². The number of piperazine rings is 1. The Kier molecular flexibility index (Phi) is 6.74. The van der Waals surface area contributed by atoms with Crippen molar-refractivity contribution < 1.29 is 0 Å². The molecule has 3 aromatic heterocycles. The average Bonchev–Trinajstić information content (AvgIpc) is 3.24. The number of hydrogen-bond acceptors (Lipinski definition) is 6. The second-order valence-corrected chi connectivity index (χ2v) is 9.75. The van der Waals surface area contributed by atoms with Crippen LogP contribution in [0.3, 0.4) is 0 Å². The Morgan fingerprint density at radius 1 is 0.972 bits per heavy atom. The number of nitrogens with zero attached hydrogens (tertiary/aromatic N) is 6. The highest BCUT2D eigenvalue weighted by Crippen LogP contribution is 2.28. The fourth-order valence-corrected chi connectivity index (χ4v) is 4.83. The third kappa shape index (κ3) is 4.84. The van der Waals surface area contributed by atoms with Crippen LogP contribution in [0.15, 0.2) is 61.1 Å². The minimum Gasteiger partial charge on any atom is -0.354 e. The molecule has 7 heteroatoms. The summed E-state index contributed by atoms with van der Waals surface area (Å²) in [5, 5.41) is 10.2. The zero-order valence-corrected chi connectivity index (χ0v) is 21.9. The van der Waals surface area contributed by atoms with Crippen LogP contribution in [0.5, 0.6) is 0 Å². The van der Waals surface area contributed by atoms with Gasteiger partial charge in [-0.15, -0.1) is 0 Å². The number of nitrogens with one attached hydrogen (secondary N) is 1. The van der Waals surface area contributed by atoms with Crippen LogP contribution in [0.1, 0.15) is 32.0 Å². The zero-order valence-electron chi connectivity index (χ0n) is 21.9. The van der Waals surface area contributed by atoms with E-state index in [-0.39, 0.29) is 0 Å². The molecular formula is C29H35N7. The molecule has 4 heterocycles. The molecule has 0 saturated carbocycles. The Morgan fingerprint density at radius 2 is 1.78 bits per heavy atom. The van der Waals surface area contributed by atoms with Crippen molar-refractivity contribution >= 4 is 28.1 Å². The number of aryl methyl sites for hydroxylation is 1. The van der Waals surface area contributed by atoms with Crippen LogP contribution in [0.25, 0.3) is 27.6 Å². The van der Waals surface area contributed by atoms with Crippen LogP contribution >= 0.6 is 0 Å². The van der Waals surface area contributed by atoms with Gasteiger partial charge in [0.05, 0.1) is 6.20 Å². The number of allylic oxidation sites excluding steroid dienone is 1. The number of benzene rings is 1. The second kappa shape index (κ2) is 10.1. The summed E-state index contributed by atoms with van der Waals surface area (Å²) in [4.78, 5) is 14.3. The summed E-state index contributed by atoms with van der Waals surface area (Å²) in [6.07, 6.45) is 7.85. The molecule has 4 aromatic rings. The van der Waals surface area contributed by atoms with Gasteiger partial charge in [0.15, 0.2) is 0 Å². The molecule has 0 radical (unpaired) electrons. The van der Waals surface area contributed by atoms with Crippen molar-refractivity contribution in [2.75, 3.05) is 36.4 Å². The van der Waals surface area contributed by atoms with Crippen LogP contribution < -0.4 is 10.2 Å². The summed E-state index contributed by atoms with van der Waals surface area (Å²) in [5.74, 6) is 1.85. The summed E-state index contributed by atoms with van der Waals surface area (Å²) in [5.41, 5.74) is 5.59. The predicted molar refractivity (Wildman–Crippen MR) is 149 cm³/mol. The molecule has 1 fully saturated rings. The van der Waals surface area contributed by atoms with E-state index in [1.54, 1.807) is 0 Å². The lowest BCUT2D eigenvalue weighted by atomic mass is 10.0. The fourth-order valence-electron chi connectivity index (χ4n) is 4.83. The first-order valence-electron chi connectivity index (χ1n) is 12.7. The minimum absolute atomic E-state index is 0.587. The highest BCUT2D eigenvalue weighted by molar-refractivity contribution is 5.90. The number of aromatic nitrogens is 4. The molecule has 0 spiro atoms. The van der Waals surface area contributed by atoms with Gasteiger partial charge in [0.1, 0.15) is 11.6 Å². The monoisotopic (exact) mass is 481 g/mol. The van der Waals surface area contributed by atoms with Crippen molar-refractivity contribution in [1.29, 1.82) is 0 Å². The summed E-state index contributed by atoms with van der Waals surface area (Å²) in [7, 11) is 1.97. The van der Waals surface area contributed by atoms with E-state index >= 15 is 0 Å². The first-order chi connectivity index (χ1) is 17.4. The quantitative estimate of drug-likeness (QED) is 0.401. The van der Waals surface area contributed by atoms with Gasteiger partial charge in [-0.25, -0.2) is 9.97 Å². The molecule has 0 amide bonds. The summed E-state index contributed by atoms with van der Waals surface area (Å²) in [6.45, 7) is 12.8. The van der Waals surface area contributed by atoms with Crippen LogP contribution in [0.2, 0.25) is 0 Å². The first kappa shape index (κ1) is 24.0. The molecule has 36 heavy (non-hydrogen) atoms. The van der Waals surface area contributed by atoms with Crippen LogP contribution in [0, 0.1) is 6.92 Å². The Labute approximate surface area is 213 Å². The number of hydrogen-bond donors (Lipinski definition) is 1. The highest BCUT2D eigenvalue weighted by Gasteiger charge is 2.20. The van der Waals surface area contributed by atoms with E-state index in [4.69, 9.17) is 0 Å². The molecule has 5 rings (SSSR count). The van der Waals surface area contributed by atoms with Gasteiger partial charge in [0, 0.05) is 79.6 Å². The van der Waals surface area contributed by atoms with Crippen molar-refractivity contribution in [2.45, 2.75) is 33.7 Å². The van der Waals surface area contributed by atoms with Gasteiger partial charge in [0.2, 0.25) is 0 Å². The van der Waals surface area contributed by atoms with Gasteiger partial charge in [0.25, 0.3) is 0 Å². The van der Waals surface area contributed by atoms with Gasteiger partial charge in [-0.05, 0) is 62.9 Å². The minimum atomic E-state index is 0.587. The summed E-state index contributed by atoms with van der Waals surface area (Å²) in [6, 6.07) is 13.4. The molecule has 1 saturated heterocycles. The smallest absolute Gasteiger partial charge is 0.130 e. The standard InChI is InChI=1S/C29H35N7/c1-6-27(23-9-10-30-29(17-23)36-13-11-35(12-14-36)20(2)3)33-28-16-25-15-22(7-8-24(25)18-31-28)26-19-32-34(5)21(26)4/h6-10,15-20H,11-14H2,1-5H3,(H,31,33)/b27-6+. The second-order valence-electron chi connectivity index (χ2n) is 9.75. The number of fused-ring (bicyclic) bond motifs is 1. The van der Waals surface area contributed by atoms with Crippen LogP contribution in [-0.2, 0) is 7.05 Å². The maximum Gasteiger partial charge on any atom is 0.130 e. The van der Waals surface area contributed by atoms with Gasteiger partial charge < -0.3 is 10.2 Å². The summed E-state index contributed by atoms with van der Waals surface area (Å²) < 4.78 is 1.91. The third-order valence-electron chi connectivity index (χ3n) is 7.24. The highest BCUT2D eigenvalue weighted by atomic mass is 15.3. The molecule has 1 N–H and O–H groups in total. The van der Waals surface area contributed by atoms with Crippen molar-refractivity contribution in [1.82, 2.24) is 24.6 Å². The molecule has 7 nitrogen and oxygen atoms in total. The molecule has 1 aliphatic heterocycles. The molecule has 1 aromatic carbocycles. The lowest BCUT2D eigenvalue weighted by Gasteiger charge is -2.37. The SMILES string of the molecule is C/C=C(/Nc1cc2cc(-c3cnn(C)c3C)ccc2cn1)c1ccnc(N2CCN(C(C)C)CC2)c1. The topological polar surface area (TPSA) is 62.1 Å². The Bertz CT molecular complexity index is 1390. The van der Waals surface area contributed by atoms with Gasteiger partial charge in [-0.3, -0.25) is 9.58 Å². The van der Waals surface area contributed by atoms with Gasteiger partial charge in [-0.2, -0.15) is 5.10 Å². The summed E-state index contributed by atoms with van der Waals surface area (Å²) >= 11 is 0. The molecule has 0 atom stereocenters. The van der Waals surface area contributed by atoms with Gasteiger partial charge >= 0.3 is 0 Å².